The van der Waals surface area contributed by atoms with Crippen LogP contribution in [0.5, 0.6) is 11.5 Å². The van der Waals surface area contributed by atoms with Crippen LogP contribution in [-0.2, 0) is 11.3 Å². The molecule has 0 unspecified atom stereocenters. The zero-order valence-electron chi connectivity index (χ0n) is 21.8. The van der Waals surface area contributed by atoms with Crippen molar-refractivity contribution in [1.29, 1.82) is 0 Å². The van der Waals surface area contributed by atoms with Crippen molar-refractivity contribution >= 4 is 17.7 Å². The van der Waals surface area contributed by atoms with Gasteiger partial charge in [0.1, 0.15) is 0 Å². The molecule has 0 bridgehead atoms. The summed E-state index contributed by atoms with van der Waals surface area (Å²) in [6.07, 6.45) is 0.830. The monoisotopic (exact) mass is 551 g/mol. The minimum Gasteiger partial charge on any atom is -0.475 e. The van der Waals surface area contributed by atoms with E-state index >= 15 is 0 Å². The van der Waals surface area contributed by atoms with Gasteiger partial charge in [0.05, 0.1) is 11.8 Å². The van der Waals surface area contributed by atoms with Crippen molar-refractivity contribution in [2.45, 2.75) is 58.0 Å². The first-order chi connectivity index (χ1) is 18.3. The van der Waals surface area contributed by atoms with Crippen LogP contribution in [0.4, 0.5) is 19.0 Å². The molecule has 2 fully saturated rings. The van der Waals surface area contributed by atoms with Crippen LogP contribution in [0.15, 0.2) is 30.5 Å². The highest BCUT2D eigenvalue weighted by atomic mass is 19.4. The maximum atomic E-state index is 12.8. The van der Waals surface area contributed by atoms with Gasteiger partial charge in [-0.3, -0.25) is 9.69 Å². The molecule has 1 amide bonds. The van der Waals surface area contributed by atoms with Crippen LogP contribution >= 0.6 is 0 Å². The first-order valence-corrected chi connectivity index (χ1v) is 12.7. The summed E-state index contributed by atoms with van der Waals surface area (Å²) < 4.78 is 43.7. The number of hydrogen-bond donors (Lipinski definition) is 2. The van der Waals surface area contributed by atoms with E-state index in [1.54, 1.807) is 6.07 Å². The minimum atomic E-state index is -5.08. The summed E-state index contributed by atoms with van der Waals surface area (Å²) in [5.41, 5.74) is 7.82. The number of carboxylic acid groups (broad SMARTS) is 1. The normalized spacial score (nSPS) is 19.8. The fourth-order valence-electron chi connectivity index (χ4n) is 5.22. The van der Waals surface area contributed by atoms with Gasteiger partial charge >= 0.3 is 12.1 Å². The number of rotatable bonds is 3. The predicted octanol–water partition coefficient (Wildman–Crippen LogP) is 3.72. The van der Waals surface area contributed by atoms with E-state index in [1.165, 1.54) is 11.8 Å². The largest absolute Gasteiger partial charge is 0.490 e. The Morgan fingerprint density at radius 3 is 2.26 bits per heavy atom. The number of nitrogens with zero attached hydrogens (tertiary/aromatic N) is 4. The number of amides is 1. The number of aliphatic carboxylic acids is 1. The van der Waals surface area contributed by atoms with E-state index in [-0.39, 0.29) is 11.7 Å². The smallest absolute Gasteiger partial charge is 0.475 e. The van der Waals surface area contributed by atoms with Crippen molar-refractivity contribution in [3.63, 3.8) is 0 Å². The molecule has 0 radical (unpaired) electrons. The van der Waals surface area contributed by atoms with Gasteiger partial charge in [-0.1, -0.05) is 12.1 Å². The molecule has 39 heavy (non-hydrogen) atoms. The molecule has 0 atom stereocenters. The van der Waals surface area contributed by atoms with E-state index in [1.807, 2.05) is 30.9 Å². The van der Waals surface area contributed by atoms with Gasteiger partial charge in [0.2, 0.25) is 5.79 Å². The number of piperidine rings is 2. The van der Waals surface area contributed by atoms with Crippen LogP contribution in [0.2, 0.25) is 0 Å². The first-order valence-electron chi connectivity index (χ1n) is 12.7. The molecule has 10 nitrogen and oxygen atoms in total. The second kappa shape index (κ2) is 10.9. The lowest BCUT2D eigenvalue weighted by Crippen LogP contribution is -2.48. The second-order valence-corrected chi connectivity index (χ2v) is 10.5. The predicted molar refractivity (Wildman–Crippen MR) is 134 cm³/mol. The van der Waals surface area contributed by atoms with Crippen molar-refractivity contribution in [2.24, 2.45) is 5.41 Å². The standard InChI is InChI=1S/C24H31N5O3.C2HF3O2/c1-23(2)31-19-5-3-4-17(20(19)32-23)16-28-12-7-24(8-13-28)9-14-29(15-10-24)22(30)18-6-11-26-27-21(18)25;3-2(4,5)1(6)7/h3-6,11H,7-10,12-16H2,1-2H3,(H2,25,27);(H,6,7). The van der Waals surface area contributed by atoms with Gasteiger partial charge in [0.15, 0.2) is 17.3 Å². The number of hydrogen-bond acceptors (Lipinski definition) is 8. The van der Waals surface area contributed by atoms with Gasteiger partial charge in [-0.05, 0) is 56.3 Å². The number of aromatic nitrogens is 2. The number of carboxylic acids is 1. The summed E-state index contributed by atoms with van der Waals surface area (Å²) in [7, 11) is 0. The minimum absolute atomic E-state index is 0.0345. The molecule has 1 spiro atoms. The van der Waals surface area contributed by atoms with Crippen LogP contribution < -0.4 is 15.2 Å². The Hall–Kier alpha value is -3.61. The molecule has 0 saturated carbocycles. The number of anilines is 1. The van der Waals surface area contributed by atoms with E-state index in [4.69, 9.17) is 25.1 Å². The van der Waals surface area contributed by atoms with E-state index in [2.05, 4.69) is 21.2 Å². The van der Waals surface area contributed by atoms with Crippen molar-refractivity contribution in [3.8, 4) is 11.5 Å². The van der Waals surface area contributed by atoms with E-state index in [9.17, 15) is 18.0 Å². The molecule has 1 aromatic carbocycles. The summed E-state index contributed by atoms with van der Waals surface area (Å²) in [6.45, 7) is 8.42. The van der Waals surface area contributed by atoms with Gasteiger partial charge in [0, 0.05) is 39.0 Å². The topological polar surface area (TPSA) is 131 Å². The summed E-state index contributed by atoms with van der Waals surface area (Å²) in [5.74, 6) is -1.47. The van der Waals surface area contributed by atoms with Crippen LogP contribution in [0, 0.1) is 5.41 Å². The van der Waals surface area contributed by atoms with E-state index in [0.29, 0.717) is 11.0 Å². The molecule has 3 aliphatic rings. The summed E-state index contributed by atoms with van der Waals surface area (Å²) in [6, 6.07) is 7.81. The third kappa shape index (κ3) is 6.70. The lowest BCUT2D eigenvalue weighted by molar-refractivity contribution is -0.192. The highest BCUT2D eigenvalue weighted by Crippen LogP contribution is 2.44. The van der Waals surface area contributed by atoms with Gasteiger partial charge in [-0.25, -0.2) is 4.79 Å². The summed E-state index contributed by atoms with van der Waals surface area (Å²) in [5, 5.41) is 14.7. The number of nitrogens with two attached hydrogens (primary N) is 1. The van der Waals surface area contributed by atoms with Crippen LogP contribution in [0.3, 0.4) is 0 Å². The zero-order chi connectivity index (χ0) is 28.4. The molecule has 13 heteroatoms. The lowest BCUT2D eigenvalue weighted by atomic mass is 9.71. The Kier molecular flexibility index (Phi) is 7.92. The average Bonchev–Trinajstić information content (AvgIpc) is 3.21. The third-order valence-corrected chi connectivity index (χ3v) is 7.41. The fourth-order valence-corrected chi connectivity index (χ4v) is 5.22. The molecule has 2 saturated heterocycles. The SMILES string of the molecule is CC1(C)Oc2cccc(CN3CCC4(CC3)CCN(C(=O)c3ccnnc3N)CC4)c2O1.O=C(O)C(F)(F)F. The highest BCUT2D eigenvalue weighted by Gasteiger charge is 2.40. The number of carbonyl (C=O) groups is 2. The Bertz CT molecular complexity index is 1200. The maximum absolute atomic E-state index is 12.8. The van der Waals surface area contributed by atoms with Gasteiger partial charge < -0.3 is 25.2 Å². The van der Waals surface area contributed by atoms with Crippen molar-refractivity contribution in [1.82, 2.24) is 20.0 Å². The molecule has 212 valence electrons. The number of alkyl halides is 3. The highest BCUT2D eigenvalue weighted by molar-refractivity contribution is 5.98. The Balaban J connectivity index is 0.000000448. The quantitative estimate of drug-likeness (QED) is 0.586. The van der Waals surface area contributed by atoms with Crippen molar-refractivity contribution in [2.75, 3.05) is 31.9 Å². The average molecular weight is 552 g/mol. The molecule has 2 aromatic rings. The van der Waals surface area contributed by atoms with Gasteiger partial charge in [0.25, 0.3) is 5.91 Å². The van der Waals surface area contributed by atoms with Crippen molar-refractivity contribution in [3.05, 3.63) is 41.6 Å². The summed E-state index contributed by atoms with van der Waals surface area (Å²) >= 11 is 0. The van der Waals surface area contributed by atoms with E-state index in [0.717, 1.165) is 69.9 Å². The van der Waals surface area contributed by atoms with Crippen molar-refractivity contribution < 1.29 is 37.3 Å². The van der Waals surface area contributed by atoms with Crippen LogP contribution in [0.1, 0.15) is 55.5 Å². The Morgan fingerprint density at radius 2 is 1.67 bits per heavy atom. The summed E-state index contributed by atoms with van der Waals surface area (Å²) in [4.78, 5) is 26.2. The van der Waals surface area contributed by atoms with Crippen LogP contribution in [0.25, 0.3) is 0 Å². The molecular weight excluding hydrogens is 519 g/mol. The molecular formula is C26H32F3N5O5. The Morgan fingerprint density at radius 1 is 1.05 bits per heavy atom. The third-order valence-electron chi connectivity index (χ3n) is 7.41. The second-order valence-electron chi connectivity index (χ2n) is 10.5. The van der Waals surface area contributed by atoms with Gasteiger partial charge in [-0.2, -0.15) is 18.3 Å². The van der Waals surface area contributed by atoms with E-state index < -0.39 is 17.9 Å². The van der Waals surface area contributed by atoms with Gasteiger partial charge in [-0.15, -0.1) is 5.10 Å². The number of ether oxygens (including phenoxy) is 2. The molecule has 0 aliphatic carbocycles. The molecule has 3 N–H and O–H groups in total. The number of para-hydroxylation sites is 1. The molecule has 5 rings (SSSR count). The number of benzene rings is 1. The number of fused-ring (bicyclic) bond motifs is 1. The molecule has 1 aromatic heterocycles. The number of carbonyl (C=O) groups excluding carboxylic acids is 1. The zero-order valence-corrected chi connectivity index (χ0v) is 21.8. The number of likely N-dealkylation sites (tertiary alicyclic amines) is 2. The Labute approximate surface area is 223 Å². The molecule has 3 aliphatic heterocycles. The number of nitrogen functional groups attached to an aromatic ring is 1. The maximum Gasteiger partial charge on any atom is 0.490 e. The fraction of sp³-hybridized carbons (Fsp3) is 0.538. The molecule has 4 heterocycles. The number of halogens is 3. The first kappa shape index (κ1) is 28.4. The van der Waals surface area contributed by atoms with Crippen LogP contribution in [-0.4, -0.2) is 75.1 Å². The lowest BCUT2D eigenvalue weighted by Gasteiger charge is -2.47.